The molecule has 0 fully saturated rings. The van der Waals surface area contributed by atoms with Crippen LogP contribution < -0.4 is 4.90 Å². The lowest BCUT2D eigenvalue weighted by atomic mass is 10.2. The van der Waals surface area contributed by atoms with Crippen molar-refractivity contribution in [3.8, 4) is 0 Å². The number of halogens is 1. The highest BCUT2D eigenvalue weighted by Crippen LogP contribution is 2.30. The van der Waals surface area contributed by atoms with Crippen LogP contribution >= 0.6 is 0 Å². The summed E-state index contributed by atoms with van der Waals surface area (Å²) in [7, 11) is 0. The van der Waals surface area contributed by atoms with Gasteiger partial charge in [0.15, 0.2) is 0 Å². The Bertz CT molecular complexity index is 635. The molecular formula is C14H12FNO3. The van der Waals surface area contributed by atoms with E-state index in [1.54, 1.807) is 12.1 Å². The lowest BCUT2D eigenvalue weighted by molar-refractivity contribution is 0.0660. The number of carbonyl (C=O) groups is 1. The van der Waals surface area contributed by atoms with Crippen molar-refractivity contribution >= 4 is 11.7 Å². The van der Waals surface area contributed by atoms with Crippen molar-refractivity contribution in [3.05, 3.63) is 53.2 Å². The van der Waals surface area contributed by atoms with Crippen molar-refractivity contribution in [1.82, 2.24) is 0 Å². The Hall–Kier alpha value is -2.30. The highest BCUT2D eigenvalue weighted by atomic mass is 19.1. The van der Waals surface area contributed by atoms with Crippen molar-refractivity contribution in [3.63, 3.8) is 0 Å². The Morgan fingerprint density at radius 1 is 1.37 bits per heavy atom. The van der Waals surface area contributed by atoms with Crippen LogP contribution in [0.4, 0.5) is 10.1 Å². The Morgan fingerprint density at radius 3 is 2.95 bits per heavy atom. The first-order valence-corrected chi connectivity index (χ1v) is 5.99. The number of carboxylic acid groups (broad SMARTS) is 1. The topological polar surface area (TPSA) is 53.7 Å². The van der Waals surface area contributed by atoms with Crippen LogP contribution in [0, 0.1) is 5.82 Å². The second-order valence-corrected chi connectivity index (χ2v) is 4.52. The molecule has 1 aliphatic rings. The third-order valence-corrected chi connectivity index (χ3v) is 3.26. The molecule has 0 radical (unpaired) electrons. The normalized spacial score (nSPS) is 13.6. The van der Waals surface area contributed by atoms with Crippen molar-refractivity contribution in [2.75, 3.05) is 11.4 Å². The summed E-state index contributed by atoms with van der Waals surface area (Å²) in [5.74, 6) is -0.862. The van der Waals surface area contributed by atoms with Gasteiger partial charge in [0.1, 0.15) is 11.6 Å². The smallest absolute Gasteiger partial charge is 0.371 e. The molecule has 0 saturated carbocycles. The Kier molecular flexibility index (Phi) is 2.74. The molecule has 0 aliphatic carbocycles. The number of fused-ring (bicyclic) bond motifs is 1. The second-order valence-electron chi connectivity index (χ2n) is 4.52. The molecule has 3 rings (SSSR count). The van der Waals surface area contributed by atoms with E-state index in [2.05, 4.69) is 0 Å². The molecule has 0 atom stereocenters. The third-order valence-electron chi connectivity index (χ3n) is 3.26. The minimum Gasteiger partial charge on any atom is -0.475 e. The molecular weight excluding hydrogens is 249 g/mol. The maximum Gasteiger partial charge on any atom is 0.371 e. The molecule has 2 heterocycles. The molecule has 1 aliphatic heterocycles. The zero-order valence-electron chi connectivity index (χ0n) is 10.1. The Labute approximate surface area is 109 Å². The van der Waals surface area contributed by atoms with Gasteiger partial charge in [-0.1, -0.05) is 6.07 Å². The van der Waals surface area contributed by atoms with E-state index < -0.39 is 5.97 Å². The van der Waals surface area contributed by atoms with Crippen LogP contribution in [0.15, 0.2) is 34.7 Å². The van der Waals surface area contributed by atoms with Gasteiger partial charge >= 0.3 is 5.97 Å². The summed E-state index contributed by atoms with van der Waals surface area (Å²) in [5.41, 5.74) is 1.96. The number of anilines is 1. The lowest BCUT2D eigenvalue weighted by Gasteiger charge is -2.17. The summed E-state index contributed by atoms with van der Waals surface area (Å²) in [4.78, 5) is 12.7. The molecule has 19 heavy (non-hydrogen) atoms. The van der Waals surface area contributed by atoms with Gasteiger partial charge in [0, 0.05) is 12.2 Å². The number of benzene rings is 1. The molecule has 4 nitrogen and oxygen atoms in total. The molecule has 0 saturated heterocycles. The van der Waals surface area contributed by atoms with E-state index in [1.807, 2.05) is 4.90 Å². The number of furan rings is 1. The molecule has 1 N–H and O–H groups in total. The SMILES string of the molecule is O=C(O)c1ccc(CN2CCc3ccc(F)cc32)o1. The summed E-state index contributed by atoms with van der Waals surface area (Å²) >= 11 is 0. The van der Waals surface area contributed by atoms with E-state index in [4.69, 9.17) is 9.52 Å². The first-order valence-electron chi connectivity index (χ1n) is 5.99. The predicted octanol–water partition coefficient (Wildman–Crippen LogP) is 2.68. The fourth-order valence-corrected chi connectivity index (χ4v) is 2.35. The van der Waals surface area contributed by atoms with Crippen LogP contribution in [0.3, 0.4) is 0 Å². The fraction of sp³-hybridized carbons (Fsp3) is 0.214. The Morgan fingerprint density at radius 2 is 2.21 bits per heavy atom. The highest BCUT2D eigenvalue weighted by Gasteiger charge is 2.21. The molecule has 5 heteroatoms. The number of nitrogens with zero attached hydrogens (tertiary/aromatic N) is 1. The monoisotopic (exact) mass is 261 g/mol. The van der Waals surface area contributed by atoms with E-state index in [-0.39, 0.29) is 11.6 Å². The maximum absolute atomic E-state index is 13.3. The Balaban J connectivity index is 1.82. The van der Waals surface area contributed by atoms with Crippen molar-refractivity contribution in [2.45, 2.75) is 13.0 Å². The van der Waals surface area contributed by atoms with Crippen LogP contribution in [0.1, 0.15) is 21.9 Å². The van der Waals surface area contributed by atoms with Gasteiger partial charge in [0.25, 0.3) is 0 Å². The second kappa shape index (κ2) is 4.42. The summed E-state index contributed by atoms with van der Waals surface area (Å²) < 4.78 is 18.5. The van der Waals surface area contributed by atoms with E-state index in [9.17, 15) is 9.18 Å². The summed E-state index contributed by atoms with van der Waals surface area (Å²) in [5, 5.41) is 8.80. The minimum atomic E-state index is -1.08. The zero-order chi connectivity index (χ0) is 13.4. The minimum absolute atomic E-state index is 0.0753. The lowest BCUT2D eigenvalue weighted by Crippen LogP contribution is -2.19. The van der Waals surface area contributed by atoms with Crippen LogP contribution in [0.2, 0.25) is 0 Å². The molecule has 2 aromatic rings. The van der Waals surface area contributed by atoms with Gasteiger partial charge in [-0.3, -0.25) is 0 Å². The summed E-state index contributed by atoms with van der Waals surface area (Å²) in [6.07, 6.45) is 0.863. The van der Waals surface area contributed by atoms with Crippen molar-refractivity contribution in [1.29, 1.82) is 0 Å². The average molecular weight is 261 g/mol. The van der Waals surface area contributed by atoms with Gasteiger partial charge in [0.05, 0.1) is 6.54 Å². The molecule has 1 aromatic heterocycles. The van der Waals surface area contributed by atoms with Gasteiger partial charge < -0.3 is 14.4 Å². The number of aromatic carboxylic acids is 1. The van der Waals surface area contributed by atoms with E-state index >= 15 is 0 Å². The van der Waals surface area contributed by atoms with Crippen LogP contribution in [-0.2, 0) is 13.0 Å². The van der Waals surface area contributed by atoms with Crippen LogP contribution in [0.25, 0.3) is 0 Å². The highest BCUT2D eigenvalue weighted by molar-refractivity contribution is 5.84. The number of hydrogen-bond acceptors (Lipinski definition) is 3. The van der Waals surface area contributed by atoms with Crippen LogP contribution in [0.5, 0.6) is 0 Å². The van der Waals surface area contributed by atoms with E-state index in [0.29, 0.717) is 12.3 Å². The first kappa shape index (κ1) is 11.8. The molecule has 0 unspecified atom stereocenters. The van der Waals surface area contributed by atoms with Crippen molar-refractivity contribution in [2.24, 2.45) is 0 Å². The van der Waals surface area contributed by atoms with Gasteiger partial charge in [-0.05, 0) is 36.2 Å². The maximum atomic E-state index is 13.3. The quantitative estimate of drug-likeness (QED) is 0.922. The third kappa shape index (κ3) is 2.19. The van der Waals surface area contributed by atoms with E-state index in [0.717, 1.165) is 24.2 Å². The molecule has 0 bridgehead atoms. The number of rotatable bonds is 3. The van der Waals surface area contributed by atoms with Gasteiger partial charge in [0.2, 0.25) is 5.76 Å². The number of hydrogen-bond donors (Lipinski definition) is 1. The summed E-state index contributed by atoms with van der Waals surface area (Å²) in [6, 6.07) is 7.82. The van der Waals surface area contributed by atoms with Gasteiger partial charge in [-0.25, -0.2) is 9.18 Å². The molecule has 98 valence electrons. The first-order chi connectivity index (χ1) is 9.13. The summed E-state index contributed by atoms with van der Waals surface area (Å²) in [6.45, 7) is 1.23. The number of carboxylic acids is 1. The predicted molar refractivity (Wildman–Crippen MR) is 66.8 cm³/mol. The average Bonchev–Trinajstić information content (AvgIpc) is 2.98. The standard InChI is InChI=1S/C14H12FNO3/c15-10-2-1-9-5-6-16(12(9)7-10)8-11-3-4-13(19-11)14(17)18/h1-4,7H,5-6,8H2,(H,17,18). The fourth-order valence-electron chi connectivity index (χ4n) is 2.35. The molecule has 0 amide bonds. The van der Waals surface area contributed by atoms with Gasteiger partial charge in [-0.15, -0.1) is 0 Å². The zero-order valence-corrected chi connectivity index (χ0v) is 10.1. The largest absolute Gasteiger partial charge is 0.475 e. The van der Waals surface area contributed by atoms with Gasteiger partial charge in [-0.2, -0.15) is 0 Å². The van der Waals surface area contributed by atoms with E-state index in [1.165, 1.54) is 18.2 Å². The van der Waals surface area contributed by atoms with Crippen molar-refractivity contribution < 1.29 is 18.7 Å². The molecule has 1 aromatic carbocycles. The molecule has 0 spiro atoms. The van der Waals surface area contributed by atoms with Crippen LogP contribution in [-0.4, -0.2) is 17.6 Å².